The molecule has 5 nitrogen and oxygen atoms in total. The summed E-state index contributed by atoms with van der Waals surface area (Å²) in [7, 11) is 0. The normalized spacial score (nSPS) is 10.1. The van der Waals surface area contributed by atoms with Crippen LogP contribution in [-0.2, 0) is 0 Å². The number of rotatable bonds is 6. The molecule has 0 aliphatic rings. The molecule has 0 aromatic heterocycles. The molecule has 0 atom stereocenters. The number of nitrogens with zero attached hydrogens (tertiary/aromatic N) is 1. The van der Waals surface area contributed by atoms with Crippen LogP contribution in [-0.4, -0.2) is 23.6 Å². The molecule has 0 aliphatic heterocycles. The van der Waals surface area contributed by atoms with E-state index in [0.29, 0.717) is 5.56 Å². The van der Waals surface area contributed by atoms with Gasteiger partial charge in [-0.05, 0) is 24.5 Å². The van der Waals surface area contributed by atoms with Gasteiger partial charge in [-0.1, -0.05) is 24.3 Å². The first-order valence-electron chi connectivity index (χ1n) is 6.15. The number of hydrogen-bond acceptors (Lipinski definition) is 5. The van der Waals surface area contributed by atoms with Crippen molar-refractivity contribution in [3.63, 3.8) is 0 Å². The van der Waals surface area contributed by atoms with Crippen molar-refractivity contribution in [3.05, 3.63) is 64.2 Å². The summed E-state index contributed by atoms with van der Waals surface area (Å²) in [6, 6.07) is 13.1. The molecule has 2 rings (SSSR count). The Kier molecular flexibility index (Phi) is 4.94. The summed E-state index contributed by atoms with van der Waals surface area (Å²) in [4.78, 5) is 23.4. The molecule has 0 saturated carbocycles. The van der Waals surface area contributed by atoms with Gasteiger partial charge in [-0.25, -0.2) is 0 Å². The van der Waals surface area contributed by atoms with Gasteiger partial charge < -0.3 is 4.74 Å². The molecule has 0 fully saturated rings. The number of ether oxygens (including phenoxy) is 1. The number of carbonyl (C=O) groups is 1. The largest absolute Gasteiger partial charge is 0.478 e. The number of hydrogen-bond donors (Lipinski definition) is 0. The Morgan fingerprint density at radius 1 is 1.19 bits per heavy atom. The molecule has 21 heavy (non-hydrogen) atoms. The summed E-state index contributed by atoms with van der Waals surface area (Å²) in [6.45, 7) is -0.233. The maximum Gasteiger partial charge on any atom is 0.310 e. The van der Waals surface area contributed by atoms with Gasteiger partial charge in [0.2, 0.25) is 0 Å². The number of Topliss-reactive ketones (excluding diaryl/α,β-unsaturated/α-hetero) is 1. The quantitative estimate of drug-likeness (QED) is 0.353. The van der Waals surface area contributed by atoms with Gasteiger partial charge in [0.15, 0.2) is 18.1 Å². The summed E-state index contributed by atoms with van der Waals surface area (Å²) in [6.07, 6.45) is 1.95. The van der Waals surface area contributed by atoms with E-state index in [0.717, 1.165) is 4.90 Å². The first kappa shape index (κ1) is 15.1. The lowest BCUT2D eigenvalue weighted by Gasteiger charge is -2.06. The van der Waals surface area contributed by atoms with E-state index < -0.39 is 4.92 Å². The molecule has 6 heteroatoms. The molecule has 0 amide bonds. The number of ketones is 1. The van der Waals surface area contributed by atoms with Gasteiger partial charge in [-0.3, -0.25) is 14.9 Å². The Morgan fingerprint density at radius 2 is 1.86 bits per heavy atom. The fraction of sp³-hybridized carbons (Fsp3) is 0.133. The number of nitro groups is 1. The van der Waals surface area contributed by atoms with E-state index in [1.165, 1.54) is 12.1 Å². The van der Waals surface area contributed by atoms with Crippen molar-refractivity contribution in [2.24, 2.45) is 0 Å². The summed E-state index contributed by atoms with van der Waals surface area (Å²) in [5, 5.41) is 10.8. The summed E-state index contributed by atoms with van der Waals surface area (Å²) >= 11 is 1.59. The van der Waals surface area contributed by atoms with Crippen LogP contribution in [0.3, 0.4) is 0 Å². The van der Waals surface area contributed by atoms with Gasteiger partial charge >= 0.3 is 5.69 Å². The van der Waals surface area contributed by atoms with Crippen LogP contribution in [0.4, 0.5) is 5.69 Å². The average Bonchev–Trinajstić information content (AvgIpc) is 2.52. The molecule has 0 spiro atoms. The van der Waals surface area contributed by atoms with E-state index in [-0.39, 0.29) is 23.8 Å². The summed E-state index contributed by atoms with van der Waals surface area (Å²) in [5.74, 6) is -0.127. The van der Waals surface area contributed by atoms with Crippen LogP contribution in [0.25, 0.3) is 0 Å². The smallest absolute Gasteiger partial charge is 0.310 e. The minimum absolute atomic E-state index is 0.0941. The van der Waals surface area contributed by atoms with Crippen LogP contribution in [0, 0.1) is 10.1 Å². The Bertz CT molecular complexity index is 655. The highest BCUT2D eigenvalue weighted by atomic mass is 32.2. The van der Waals surface area contributed by atoms with Crippen molar-refractivity contribution in [1.82, 2.24) is 0 Å². The third kappa shape index (κ3) is 3.82. The third-order valence-electron chi connectivity index (χ3n) is 2.83. The van der Waals surface area contributed by atoms with Crippen molar-refractivity contribution in [2.75, 3.05) is 12.9 Å². The van der Waals surface area contributed by atoms with E-state index in [9.17, 15) is 14.9 Å². The van der Waals surface area contributed by atoms with Gasteiger partial charge in [0.1, 0.15) is 0 Å². The first-order chi connectivity index (χ1) is 10.1. The van der Waals surface area contributed by atoms with Gasteiger partial charge in [0, 0.05) is 16.5 Å². The van der Waals surface area contributed by atoms with Crippen molar-refractivity contribution in [3.8, 4) is 5.75 Å². The number of benzene rings is 2. The van der Waals surface area contributed by atoms with Gasteiger partial charge in [0.05, 0.1) is 4.92 Å². The number of nitro benzene ring substituents is 1. The molecule has 2 aromatic carbocycles. The van der Waals surface area contributed by atoms with E-state index in [1.807, 2.05) is 18.4 Å². The van der Waals surface area contributed by atoms with E-state index in [1.54, 1.807) is 36.0 Å². The average molecular weight is 303 g/mol. The lowest BCUT2D eigenvalue weighted by Crippen LogP contribution is -2.12. The molecule has 0 saturated heterocycles. The van der Waals surface area contributed by atoms with Gasteiger partial charge in [-0.15, -0.1) is 11.8 Å². The fourth-order valence-corrected chi connectivity index (χ4v) is 2.14. The number of carbonyl (C=O) groups excluding carboxylic acids is 1. The third-order valence-corrected chi connectivity index (χ3v) is 3.58. The molecule has 0 aliphatic carbocycles. The lowest BCUT2D eigenvalue weighted by molar-refractivity contribution is -0.385. The minimum Gasteiger partial charge on any atom is -0.478 e. The van der Waals surface area contributed by atoms with Crippen LogP contribution >= 0.6 is 11.8 Å². The van der Waals surface area contributed by atoms with Crippen molar-refractivity contribution < 1.29 is 14.5 Å². The standard InChI is InChI=1S/C15H13NO4S/c1-21-12-8-6-11(7-9-12)14(17)10-20-15-5-3-2-4-13(15)16(18)19/h2-9H,10H2,1H3. The molecule has 0 bridgehead atoms. The second-order valence-corrected chi connectivity index (χ2v) is 5.04. The van der Waals surface area contributed by atoms with Crippen LogP contribution < -0.4 is 4.74 Å². The van der Waals surface area contributed by atoms with Crippen LogP contribution in [0.15, 0.2) is 53.4 Å². The summed E-state index contributed by atoms with van der Waals surface area (Å²) < 4.78 is 5.27. The molecule has 108 valence electrons. The van der Waals surface area contributed by atoms with Crippen molar-refractivity contribution in [2.45, 2.75) is 4.90 Å². The maximum atomic E-state index is 12.0. The van der Waals surface area contributed by atoms with Gasteiger partial charge in [-0.2, -0.15) is 0 Å². The highest BCUT2D eigenvalue weighted by Crippen LogP contribution is 2.26. The van der Waals surface area contributed by atoms with E-state index in [2.05, 4.69) is 0 Å². The highest BCUT2D eigenvalue weighted by molar-refractivity contribution is 7.98. The Hall–Kier alpha value is -2.34. The van der Waals surface area contributed by atoms with Crippen LogP contribution in [0.1, 0.15) is 10.4 Å². The number of para-hydroxylation sites is 2. The van der Waals surface area contributed by atoms with Crippen LogP contribution in [0.5, 0.6) is 5.75 Å². The zero-order valence-corrected chi connectivity index (χ0v) is 12.1. The molecule has 0 radical (unpaired) electrons. The zero-order chi connectivity index (χ0) is 15.2. The molecular weight excluding hydrogens is 290 g/mol. The number of thioether (sulfide) groups is 1. The molecular formula is C15H13NO4S. The topological polar surface area (TPSA) is 69.4 Å². The monoisotopic (exact) mass is 303 g/mol. The second kappa shape index (κ2) is 6.90. The predicted molar refractivity (Wildman–Crippen MR) is 81.1 cm³/mol. The van der Waals surface area contributed by atoms with Crippen LogP contribution in [0.2, 0.25) is 0 Å². The van der Waals surface area contributed by atoms with E-state index >= 15 is 0 Å². The SMILES string of the molecule is CSc1ccc(C(=O)COc2ccccc2[N+](=O)[O-])cc1. The van der Waals surface area contributed by atoms with Crippen molar-refractivity contribution in [1.29, 1.82) is 0 Å². The molecule has 0 heterocycles. The molecule has 2 aromatic rings. The Morgan fingerprint density at radius 3 is 2.48 bits per heavy atom. The fourth-order valence-electron chi connectivity index (χ4n) is 1.73. The Balaban J connectivity index is 2.05. The highest BCUT2D eigenvalue weighted by Gasteiger charge is 2.15. The zero-order valence-electron chi connectivity index (χ0n) is 11.3. The maximum absolute atomic E-state index is 12.0. The first-order valence-corrected chi connectivity index (χ1v) is 7.38. The molecule has 0 unspecified atom stereocenters. The van der Waals surface area contributed by atoms with Crippen molar-refractivity contribution >= 4 is 23.2 Å². The predicted octanol–water partition coefficient (Wildman–Crippen LogP) is 3.58. The second-order valence-electron chi connectivity index (χ2n) is 4.17. The summed E-state index contributed by atoms with van der Waals surface area (Å²) in [5.41, 5.74) is 0.370. The van der Waals surface area contributed by atoms with Gasteiger partial charge in [0.25, 0.3) is 0 Å². The lowest BCUT2D eigenvalue weighted by atomic mass is 10.1. The molecule has 0 N–H and O–H groups in total. The van der Waals surface area contributed by atoms with E-state index in [4.69, 9.17) is 4.74 Å². The Labute approximate surface area is 126 Å². The minimum atomic E-state index is -0.535.